The van der Waals surface area contributed by atoms with Crippen molar-refractivity contribution < 1.29 is 9.00 Å². The van der Waals surface area contributed by atoms with Crippen LogP contribution in [0.4, 0.5) is 5.82 Å². The van der Waals surface area contributed by atoms with Crippen LogP contribution in [0.5, 0.6) is 0 Å². The number of pyridine rings is 1. The normalized spacial score (nSPS) is 14.1. The van der Waals surface area contributed by atoms with Gasteiger partial charge in [-0.3, -0.25) is 9.00 Å². The molecule has 1 aromatic rings. The molecule has 0 saturated carbocycles. The van der Waals surface area contributed by atoms with Gasteiger partial charge < -0.3 is 11.1 Å². The number of carbonyl (C=O) groups excluding carboxylic acids is 1. The van der Waals surface area contributed by atoms with Gasteiger partial charge in [0.25, 0.3) is 5.91 Å². The maximum absolute atomic E-state index is 11.1. The van der Waals surface area contributed by atoms with E-state index in [-0.39, 0.29) is 6.04 Å². The summed E-state index contributed by atoms with van der Waals surface area (Å²) in [7, 11) is -0.893. The number of hydrogen-bond acceptors (Lipinski definition) is 4. The highest BCUT2D eigenvalue weighted by Gasteiger charge is 2.11. The Bertz CT molecular complexity index is 409. The van der Waals surface area contributed by atoms with Crippen LogP contribution in [-0.4, -0.2) is 33.2 Å². The van der Waals surface area contributed by atoms with E-state index in [2.05, 4.69) is 10.3 Å². The maximum atomic E-state index is 11.1. The molecule has 0 aromatic carbocycles. The number of hydrogen-bond donors (Lipinski definition) is 2. The predicted octanol–water partition coefficient (Wildman–Crippen LogP) is 0.359. The second kappa shape index (κ2) is 5.60. The Balaban J connectivity index is 2.80. The molecule has 16 heavy (non-hydrogen) atoms. The Labute approximate surface area is 96.9 Å². The third-order valence-corrected chi connectivity index (χ3v) is 2.91. The highest BCUT2D eigenvalue weighted by Crippen LogP contribution is 2.11. The van der Waals surface area contributed by atoms with Crippen molar-refractivity contribution in [3.63, 3.8) is 0 Å². The number of nitrogens with one attached hydrogen (secondary N) is 1. The topological polar surface area (TPSA) is 85.1 Å². The summed E-state index contributed by atoms with van der Waals surface area (Å²) in [4.78, 5) is 15.1. The second-order valence-electron chi connectivity index (χ2n) is 3.55. The minimum atomic E-state index is -0.893. The van der Waals surface area contributed by atoms with Gasteiger partial charge in [-0.1, -0.05) is 0 Å². The molecular weight excluding hydrogens is 226 g/mol. The first-order chi connectivity index (χ1) is 7.50. The number of nitrogens with zero attached hydrogens (tertiary/aromatic N) is 1. The van der Waals surface area contributed by atoms with Gasteiger partial charge in [-0.05, 0) is 19.1 Å². The predicted molar refractivity (Wildman–Crippen MR) is 64.8 cm³/mol. The lowest BCUT2D eigenvalue weighted by Gasteiger charge is -2.14. The average molecular weight is 241 g/mol. The summed E-state index contributed by atoms with van der Waals surface area (Å²) in [6.45, 7) is 1.88. The zero-order valence-electron chi connectivity index (χ0n) is 9.27. The summed E-state index contributed by atoms with van der Waals surface area (Å²) in [5, 5.41) is 3.02. The van der Waals surface area contributed by atoms with Gasteiger partial charge >= 0.3 is 0 Å². The van der Waals surface area contributed by atoms with Gasteiger partial charge in [-0.2, -0.15) is 0 Å². The quantitative estimate of drug-likeness (QED) is 0.779. The number of carbonyl (C=O) groups is 1. The largest absolute Gasteiger partial charge is 0.366 e. The van der Waals surface area contributed by atoms with E-state index < -0.39 is 16.7 Å². The molecule has 0 aliphatic carbocycles. The van der Waals surface area contributed by atoms with Crippen molar-refractivity contribution in [3.05, 3.63) is 23.9 Å². The molecular formula is C10H15N3O2S. The Morgan fingerprint density at radius 3 is 2.94 bits per heavy atom. The van der Waals surface area contributed by atoms with Crippen LogP contribution < -0.4 is 11.1 Å². The van der Waals surface area contributed by atoms with Gasteiger partial charge in [0.1, 0.15) is 5.82 Å². The molecule has 0 bridgehead atoms. The van der Waals surface area contributed by atoms with E-state index in [1.807, 2.05) is 6.92 Å². The summed E-state index contributed by atoms with van der Waals surface area (Å²) in [6.07, 6.45) is 3.20. The third kappa shape index (κ3) is 3.62. The Hall–Kier alpha value is -1.43. The minimum absolute atomic E-state index is 0.0289. The van der Waals surface area contributed by atoms with Crippen molar-refractivity contribution in [2.75, 3.05) is 17.3 Å². The first-order valence-corrected chi connectivity index (χ1v) is 6.54. The second-order valence-corrected chi connectivity index (χ2v) is 5.03. The molecule has 6 heteroatoms. The highest BCUT2D eigenvalue weighted by molar-refractivity contribution is 7.84. The van der Waals surface area contributed by atoms with Crippen LogP contribution in [0.1, 0.15) is 17.3 Å². The van der Waals surface area contributed by atoms with Gasteiger partial charge in [0.05, 0.1) is 5.56 Å². The van der Waals surface area contributed by atoms with E-state index in [9.17, 15) is 9.00 Å². The molecule has 1 rings (SSSR count). The molecule has 5 nitrogen and oxygen atoms in total. The fourth-order valence-corrected chi connectivity index (χ4v) is 2.13. The van der Waals surface area contributed by atoms with Crippen LogP contribution in [0.15, 0.2) is 18.3 Å². The van der Waals surface area contributed by atoms with Gasteiger partial charge in [0.2, 0.25) is 0 Å². The van der Waals surface area contributed by atoms with Gasteiger partial charge in [0.15, 0.2) is 0 Å². The van der Waals surface area contributed by atoms with Crippen molar-refractivity contribution >= 4 is 22.5 Å². The molecule has 1 amide bonds. The van der Waals surface area contributed by atoms with Crippen molar-refractivity contribution in [2.45, 2.75) is 13.0 Å². The number of anilines is 1. The summed E-state index contributed by atoms with van der Waals surface area (Å²) in [6, 6.07) is 3.22. The number of amides is 1. The monoisotopic (exact) mass is 241 g/mol. The standard InChI is InChI=1S/C10H15N3O2S/c1-7(6-16(2)15)13-10-8(9(11)14)4-3-5-12-10/h3-5,7H,6H2,1-2H3,(H2,11,14)(H,12,13). The molecule has 1 aromatic heterocycles. The molecule has 2 atom stereocenters. The highest BCUT2D eigenvalue weighted by atomic mass is 32.2. The zero-order chi connectivity index (χ0) is 12.1. The number of nitrogens with two attached hydrogens (primary N) is 1. The smallest absolute Gasteiger partial charge is 0.252 e. The van der Waals surface area contributed by atoms with Crippen molar-refractivity contribution in [3.8, 4) is 0 Å². The fraction of sp³-hybridized carbons (Fsp3) is 0.400. The SMILES string of the molecule is CC(CS(C)=O)Nc1ncccc1C(N)=O. The third-order valence-electron chi connectivity index (χ3n) is 1.94. The summed E-state index contributed by atoms with van der Waals surface area (Å²) < 4.78 is 11.0. The summed E-state index contributed by atoms with van der Waals surface area (Å²) in [5.41, 5.74) is 5.56. The Kier molecular flexibility index (Phi) is 4.42. The average Bonchev–Trinajstić information content (AvgIpc) is 2.16. The maximum Gasteiger partial charge on any atom is 0.252 e. The molecule has 3 N–H and O–H groups in total. The molecule has 0 fully saturated rings. The van der Waals surface area contributed by atoms with E-state index in [1.165, 1.54) is 0 Å². The van der Waals surface area contributed by atoms with Gasteiger partial charge in [-0.25, -0.2) is 4.98 Å². The lowest BCUT2D eigenvalue weighted by Crippen LogP contribution is -2.25. The van der Waals surface area contributed by atoms with Crippen LogP contribution >= 0.6 is 0 Å². The van der Waals surface area contributed by atoms with Crippen molar-refractivity contribution in [2.24, 2.45) is 5.73 Å². The molecule has 1 heterocycles. The van der Waals surface area contributed by atoms with Crippen molar-refractivity contribution in [1.82, 2.24) is 4.98 Å². The van der Waals surface area contributed by atoms with E-state index in [0.29, 0.717) is 17.1 Å². The minimum Gasteiger partial charge on any atom is -0.366 e. The zero-order valence-corrected chi connectivity index (χ0v) is 10.1. The van der Waals surface area contributed by atoms with E-state index >= 15 is 0 Å². The molecule has 88 valence electrons. The number of aromatic nitrogens is 1. The van der Waals surface area contributed by atoms with Gasteiger partial charge in [0, 0.05) is 35.0 Å². The summed E-state index contributed by atoms with van der Waals surface area (Å²) in [5.74, 6) is 0.405. The lowest BCUT2D eigenvalue weighted by molar-refractivity contribution is 0.100. The number of primary amides is 1. The first-order valence-electron chi connectivity index (χ1n) is 4.82. The molecule has 2 unspecified atom stereocenters. The number of rotatable bonds is 5. The first kappa shape index (κ1) is 12.6. The molecule has 0 spiro atoms. The van der Waals surface area contributed by atoms with Crippen LogP contribution in [0.2, 0.25) is 0 Å². The van der Waals surface area contributed by atoms with Crippen LogP contribution in [0, 0.1) is 0 Å². The van der Waals surface area contributed by atoms with Crippen LogP contribution in [-0.2, 0) is 10.8 Å². The van der Waals surface area contributed by atoms with Crippen molar-refractivity contribution in [1.29, 1.82) is 0 Å². The van der Waals surface area contributed by atoms with Crippen LogP contribution in [0.25, 0.3) is 0 Å². The lowest BCUT2D eigenvalue weighted by atomic mass is 10.2. The van der Waals surface area contributed by atoms with E-state index in [4.69, 9.17) is 5.73 Å². The fourth-order valence-electron chi connectivity index (χ4n) is 1.35. The van der Waals surface area contributed by atoms with Crippen LogP contribution in [0.3, 0.4) is 0 Å². The molecule has 0 aliphatic rings. The summed E-state index contributed by atoms with van der Waals surface area (Å²) >= 11 is 0. The molecule has 0 aliphatic heterocycles. The Morgan fingerprint density at radius 1 is 1.69 bits per heavy atom. The van der Waals surface area contributed by atoms with E-state index in [0.717, 1.165) is 0 Å². The Morgan fingerprint density at radius 2 is 2.38 bits per heavy atom. The molecule has 0 saturated heterocycles. The van der Waals surface area contributed by atoms with Gasteiger partial charge in [-0.15, -0.1) is 0 Å². The molecule has 0 radical (unpaired) electrons. The van der Waals surface area contributed by atoms with E-state index in [1.54, 1.807) is 24.6 Å².